The number of ether oxygens (including phenoxy) is 2. The van der Waals surface area contributed by atoms with Crippen LogP contribution < -0.4 is 14.8 Å². The lowest BCUT2D eigenvalue weighted by Crippen LogP contribution is -2.38. The van der Waals surface area contributed by atoms with Crippen molar-refractivity contribution in [3.05, 3.63) is 72.8 Å². The maximum absolute atomic E-state index is 12.1. The molecule has 0 aliphatic rings. The highest BCUT2D eigenvalue weighted by molar-refractivity contribution is 5.88. The van der Waals surface area contributed by atoms with Crippen LogP contribution >= 0.6 is 0 Å². The molecule has 0 bridgehead atoms. The maximum Gasteiger partial charge on any atom is 0.260 e. The Kier molecular flexibility index (Phi) is 5.52. The van der Waals surface area contributed by atoms with Crippen LogP contribution in [-0.4, -0.2) is 25.2 Å². The van der Waals surface area contributed by atoms with Crippen molar-refractivity contribution in [1.29, 1.82) is 0 Å². The van der Waals surface area contributed by atoms with E-state index < -0.39 is 6.10 Å². The Morgan fingerprint density at radius 1 is 0.960 bits per heavy atom. The van der Waals surface area contributed by atoms with Crippen molar-refractivity contribution in [3.8, 4) is 11.5 Å². The van der Waals surface area contributed by atoms with E-state index >= 15 is 0 Å². The topological polar surface area (TPSA) is 47.6 Å². The van der Waals surface area contributed by atoms with E-state index in [2.05, 4.69) is 5.32 Å². The molecule has 0 heterocycles. The van der Waals surface area contributed by atoms with E-state index in [9.17, 15) is 4.79 Å². The molecule has 0 aliphatic heterocycles. The van der Waals surface area contributed by atoms with Crippen LogP contribution in [0, 0.1) is 0 Å². The van der Waals surface area contributed by atoms with Gasteiger partial charge in [-0.05, 0) is 30.5 Å². The summed E-state index contributed by atoms with van der Waals surface area (Å²) in [5.41, 5.74) is 0. The minimum Gasteiger partial charge on any atom is -0.491 e. The Hall–Kier alpha value is -3.01. The van der Waals surface area contributed by atoms with Gasteiger partial charge in [0.05, 0.1) is 6.54 Å². The summed E-state index contributed by atoms with van der Waals surface area (Å²) in [6.07, 6.45) is -0.556. The summed E-state index contributed by atoms with van der Waals surface area (Å²) in [5, 5.41) is 5.03. The first kappa shape index (κ1) is 16.8. The summed E-state index contributed by atoms with van der Waals surface area (Å²) < 4.78 is 11.4. The molecule has 0 saturated carbocycles. The average molecular weight is 335 g/mol. The molecule has 0 spiro atoms. The number of amides is 1. The Balaban J connectivity index is 1.47. The Labute approximate surface area is 147 Å². The highest BCUT2D eigenvalue weighted by atomic mass is 16.5. The lowest BCUT2D eigenvalue weighted by atomic mass is 10.1. The fourth-order valence-corrected chi connectivity index (χ4v) is 2.56. The molecule has 3 rings (SSSR count). The second-order valence-electron chi connectivity index (χ2n) is 5.69. The molecular weight excluding hydrogens is 314 g/mol. The Bertz CT molecular complexity index is 827. The molecule has 0 fully saturated rings. The van der Waals surface area contributed by atoms with E-state index in [0.717, 1.165) is 16.5 Å². The second kappa shape index (κ2) is 8.20. The number of rotatable bonds is 7. The van der Waals surface area contributed by atoms with Crippen molar-refractivity contribution in [2.45, 2.75) is 13.0 Å². The van der Waals surface area contributed by atoms with Crippen LogP contribution in [0.15, 0.2) is 72.8 Å². The van der Waals surface area contributed by atoms with Crippen LogP contribution in [0.1, 0.15) is 6.92 Å². The number of nitrogens with one attached hydrogen (secondary N) is 1. The van der Waals surface area contributed by atoms with Crippen LogP contribution in [0.5, 0.6) is 11.5 Å². The minimum atomic E-state index is -0.556. The third-order valence-corrected chi connectivity index (χ3v) is 3.83. The van der Waals surface area contributed by atoms with Gasteiger partial charge in [0, 0.05) is 5.39 Å². The number of benzene rings is 3. The Morgan fingerprint density at radius 3 is 2.52 bits per heavy atom. The standard InChI is InChI=1S/C21H21NO3/c1-16(25-18-10-3-2-4-11-18)21(23)22-14-15-24-20-13-7-9-17-8-5-6-12-19(17)20/h2-13,16H,14-15H2,1H3,(H,22,23)/t16-/m0/s1. The van der Waals surface area contributed by atoms with Crippen LogP contribution in [0.25, 0.3) is 10.8 Å². The van der Waals surface area contributed by atoms with Gasteiger partial charge in [-0.25, -0.2) is 0 Å². The predicted octanol–water partition coefficient (Wildman–Crippen LogP) is 3.80. The quantitative estimate of drug-likeness (QED) is 0.668. The van der Waals surface area contributed by atoms with Crippen LogP contribution in [0.3, 0.4) is 0 Å². The number of fused-ring (bicyclic) bond motifs is 1. The molecular formula is C21H21NO3. The summed E-state index contributed by atoms with van der Waals surface area (Å²) in [7, 11) is 0. The molecule has 4 nitrogen and oxygen atoms in total. The van der Waals surface area contributed by atoms with E-state index in [-0.39, 0.29) is 5.91 Å². The number of hydrogen-bond donors (Lipinski definition) is 1. The number of carbonyl (C=O) groups excluding carboxylic acids is 1. The van der Waals surface area contributed by atoms with Crippen molar-refractivity contribution in [2.24, 2.45) is 0 Å². The number of carbonyl (C=O) groups is 1. The van der Waals surface area contributed by atoms with Gasteiger partial charge in [0.2, 0.25) is 0 Å². The predicted molar refractivity (Wildman–Crippen MR) is 99.0 cm³/mol. The molecule has 0 saturated heterocycles. The third-order valence-electron chi connectivity index (χ3n) is 3.83. The third kappa shape index (κ3) is 4.51. The molecule has 128 valence electrons. The maximum atomic E-state index is 12.1. The normalized spacial score (nSPS) is 11.7. The molecule has 0 radical (unpaired) electrons. The summed E-state index contributed by atoms with van der Waals surface area (Å²) >= 11 is 0. The van der Waals surface area contributed by atoms with Crippen molar-refractivity contribution < 1.29 is 14.3 Å². The van der Waals surface area contributed by atoms with Crippen molar-refractivity contribution in [3.63, 3.8) is 0 Å². The van der Waals surface area contributed by atoms with Crippen LogP contribution in [0.2, 0.25) is 0 Å². The van der Waals surface area contributed by atoms with Gasteiger partial charge in [0.25, 0.3) is 5.91 Å². The van der Waals surface area contributed by atoms with Gasteiger partial charge in [-0.1, -0.05) is 54.6 Å². The first-order chi connectivity index (χ1) is 12.2. The molecule has 4 heteroatoms. The minimum absolute atomic E-state index is 0.162. The van der Waals surface area contributed by atoms with E-state index in [1.807, 2.05) is 72.8 Å². The van der Waals surface area contributed by atoms with E-state index in [1.54, 1.807) is 6.92 Å². The van der Waals surface area contributed by atoms with Gasteiger partial charge in [-0.15, -0.1) is 0 Å². The first-order valence-electron chi connectivity index (χ1n) is 8.34. The summed E-state index contributed by atoms with van der Waals surface area (Å²) in [5.74, 6) is 1.34. The number of para-hydroxylation sites is 1. The summed E-state index contributed by atoms with van der Waals surface area (Å²) in [6.45, 7) is 2.55. The summed E-state index contributed by atoms with van der Waals surface area (Å²) in [6, 6.07) is 23.3. The zero-order valence-corrected chi connectivity index (χ0v) is 14.1. The average Bonchev–Trinajstić information content (AvgIpc) is 2.66. The van der Waals surface area contributed by atoms with Gasteiger partial charge in [-0.2, -0.15) is 0 Å². The highest BCUT2D eigenvalue weighted by Crippen LogP contribution is 2.24. The van der Waals surface area contributed by atoms with E-state index in [1.165, 1.54) is 0 Å². The molecule has 1 amide bonds. The number of hydrogen-bond acceptors (Lipinski definition) is 3. The van der Waals surface area contributed by atoms with Crippen molar-refractivity contribution in [1.82, 2.24) is 5.32 Å². The van der Waals surface area contributed by atoms with E-state index in [4.69, 9.17) is 9.47 Å². The van der Waals surface area contributed by atoms with Gasteiger partial charge in [-0.3, -0.25) is 4.79 Å². The molecule has 0 aromatic heterocycles. The lowest BCUT2D eigenvalue weighted by Gasteiger charge is -2.15. The molecule has 0 aliphatic carbocycles. The van der Waals surface area contributed by atoms with Crippen LogP contribution in [-0.2, 0) is 4.79 Å². The first-order valence-corrected chi connectivity index (χ1v) is 8.34. The van der Waals surface area contributed by atoms with Crippen molar-refractivity contribution in [2.75, 3.05) is 13.2 Å². The fraction of sp³-hybridized carbons (Fsp3) is 0.190. The van der Waals surface area contributed by atoms with Gasteiger partial charge in [0.1, 0.15) is 18.1 Å². The molecule has 1 atom stereocenters. The smallest absolute Gasteiger partial charge is 0.260 e. The Morgan fingerprint density at radius 2 is 1.68 bits per heavy atom. The van der Waals surface area contributed by atoms with Gasteiger partial charge < -0.3 is 14.8 Å². The summed E-state index contributed by atoms with van der Waals surface area (Å²) in [4.78, 5) is 12.1. The fourth-order valence-electron chi connectivity index (χ4n) is 2.56. The van der Waals surface area contributed by atoms with Gasteiger partial charge in [0.15, 0.2) is 6.10 Å². The lowest BCUT2D eigenvalue weighted by molar-refractivity contribution is -0.127. The monoisotopic (exact) mass is 335 g/mol. The molecule has 3 aromatic carbocycles. The zero-order valence-electron chi connectivity index (χ0n) is 14.1. The van der Waals surface area contributed by atoms with Gasteiger partial charge >= 0.3 is 0 Å². The molecule has 0 unspecified atom stereocenters. The second-order valence-corrected chi connectivity index (χ2v) is 5.69. The zero-order chi connectivity index (χ0) is 17.5. The molecule has 25 heavy (non-hydrogen) atoms. The van der Waals surface area contributed by atoms with Crippen LogP contribution in [0.4, 0.5) is 0 Å². The SMILES string of the molecule is C[C@H](Oc1ccccc1)C(=O)NCCOc1cccc2ccccc12. The highest BCUT2D eigenvalue weighted by Gasteiger charge is 2.13. The van der Waals surface area contributed by atoms with E-state index in [0.29, 0.717) is 18.9 Å². The molecule has 3 aromatic rings. The van der Waals surface area contributed by atoms with Crippen molar-refractivity contribution >= 4 is 16.7 Å². The molecule has 1 N–H and O–H groups in total. The largest absolute Gasteiger partial charge is 0.491 e.